The van der Waals surface area contributed by atoms with Crippen molar-refractivity contribution in [3.8, 4) is 5.75 Å². The van der Waals surface area contributed by atoms with Gasteiger partial charge < -0.3 is 9.29 Å². The van der Waals surface area contributed by atoms with Gasteiger partial charge >= 0.3 is 0 Å². The topological polar surface area (TPSA) is 77.5 Å². The highest BCUT2D eigenvalue weighted by Crippen LogP contribution is 2.29. The minimum Gasteiger partial charge on any atom is -0.588 e. The van der Waals surface area contributed by atoms with Crippen molar-refractivity contribution in [2.24, 2.45) is 0 Å². The van der Waals surface area contributed by atoms with Crippen molar-refractivity contribution in [1.29, 1.82) is 0 Å². The maximum atomic E-state index is 12.7. The van der Waals surface area contributed by atoms with E-state index in [1.807, 2.05) is 30.5 Å². The van der Waals surface area contributed by atoms with E-state index >= 15 is 0 Å². The molecule has 3 aromatic rings. The lowest BCUT2D eigenvalue weighted by atomic mass is 10.2. The van der Waals surface area contributed by atoms with Crippen LogP contribution in [-0.2, 0) is 27.7 Å². The van der Waals surface area contributed by atoms with Crippen LogP contribution < -0.4 is 9.46 Å². The van der Waals surface area contributed by atoms with E-state index < -0.39 is 10.4 Å². The standard InChI is InChI=1S/C21H21N3O3S/c25-28(26,23-19-6-2-1-3-7-19)20-9-8-18-16-24(11-12-27-21(18)13-20)15-17-5-4-10-22-14-17/h1-10,13-14H,11-12,15-16H2,(H-,23,25,26). The Hall–Kier alpha value is -2.74. The number of ether oxygens (including phenoxy) is 1. The minimum atomic E-state index is -3.67. The lowest BCUT2D eigenvalue weighted by Crippen LogP contribution is -2.25. The molecule has 1 aliphatic rings. The predicted molar refractivity (Wildman–Crippen MR) is 107 cm³/mol. The van der Waals surface area contributed by atoms with Crippen molar-refractivity contribution in [1.82, 2.24) is 9.88 Å². The first-order valence-corrected chi connectivity index (χ1v) is 10.5. The summed E-state index contributed by atoms with van der Waals surface area (Å²) in [6, 6.07) is 17.9. The van der Waals surface area contributed by atoms with Crippen LogP contribution in [0.2, 0.25) is 0 Å². The molecule has 0 fully saturated rings. The number of rotatable bonds is 5. The number of anilines is 1. The van der Waals surface area contributed by atoms with E-state index in [4.69, 9.17) is 4.74 Å². The molecule has 1 unspecified atom stereocenters. The lowest BCUT2D eigenvalue weighted by molar-refractivity contribution is 0.219. The molecule has 0 saturated heterocycles. The summed E-state index contributed by atoms with van der Waals surface area (Å²) >= 11 is 0. The Morgan fingerprint density at radius 1 is 1.14 bits per heavy atom. The maximum Gasteiger partial charge on any atom is 0.184 e. The van der Waals surface area contributed by atoms with Gasteiger partial charge in [-0.1, -0.05) is 28.5 Å². The zero-order valence-corrected chi connectivity index (χ0v) is 16.1. The molecule has 0 bridgehead atoms. The van der Waals surface area contributed by atoms with Crippen molar-refractivity contribution >= 4 is 16.1 Å². The van der Waals surface area contributed by atoms with Gasteiger partial charge in [-0.15, -0.1) is 0 Å². The first kappa shape index (κ1) is 18.6. The quantitative estimate of drug-likeness (QED) is 0.669. The van der Waals surface area contributed by atoms with Crippen molar-refractivity contribution < 1.29 is 13.5 Å². The average molecular weight is 395 g/mol. The molecule has 2 heterocycles. The van der Waals surface area contributed by atoms with Gasteiger partial charge in [0, 0.05) is 43.7 Å². The molecule has 2 aromatic carbocycles. The SMILES string of the molecule is O=[S+]([O-])(Nc1ccccc1)c1ccc2c(c1)OCCN(Cc1cccnc1)C2. The smallest absolute Gasteiger partial charge is 0.184 e. The molecule has 0 spiro atoms. The van der Waals surface area contributed by atoms with Gasteiger partial charge in [0.15, 0.2) is 15.3 Å². The highest BCUT2D eigenvalue weighted by atomic mass is 32.3. The average Bonchev–Trinajstić information content (AvgIpc) is 2.90. The number of benzene rings is 2. The van der Waals surface area contributed by atoms with Crippen LogP contribution in [0.5, 0.6) is 5.75 Å². The Bertz CT molecular complexity index is 983. The highest BCUT2D eigenvalue weighted by Gasteiger charge is 2.24. The lowest BCUT2D eigenvalue weighted by Gasteiger charge is -2.19. The third kappa shape index (κ3) is 4.39. The number of fused-ring (bicyclic) bond motifs is 1. The fraction of sp³-hybridized carbons (Fsp3) is 0.190. The summed E-state index contributed by atoms with van der Waals surface area (Å²) in [7, 11) is -3.67. The summed E-state index contributed by atoms with van der Waals surface area (Å²) in [5, 5.41) is 0. The van der Waals surface area contributed by atoms with E-state index in [0.717, 1.165) is 24.2 Å². The molecule has 1 atom stereocenters. The molecule has 0 radical (unpaired) electrons. The predicted octanol–water partition coefficient (Wildman–Crippen LogP) is 3.49. The monoisotopic (exact) mass is 395 g/mol. The van der Waals surface area contributed by atoms with Gasteiger partial charge in [0.2, 0.25) is 0 Å². The number of pyridine rings is 1. The summed E-state index contributed by atoms with van der Waals surface area (Å²) in [4.78, 5) is 6.61. The molecular formula is C21H21N3O3S. The molecule has 1 aromatic heterocycles. The van der Waals surface area contributed by atoms with Crippen LogP contribution in [0, 0.1) is 0 Å². The van der Waals surface area contributed by atoms with Gasteiger partial charge in [-0.3, -0.25) is 9.88 Å². The molecular weight excluding hydrogens is 374 g/mol. The van der Waals surface area contributed by atoms with Gasteiger partial charge in [-0.25, -0.2) is 4.72 Å². The van der Waals surface area contributed by atoms with E-state index in [0.29, 0.717) is 24.6 Å². The Morgan fingerprint density at radius 2 is 2.00 bits per heavy atom. The van der Waals surface area contributed by atoms with Gasteiger partial charge in [0.25, 0.3) is 0 Å². The molecule has 7 heteroatoms. The number of para-hydroxylation sites is 1. The molecule has 4 rings (SSSR count). The largest absolute Gasteiger partial charge is 0.588 e. The number of sulfonamides is 1. The molecule has 1 N–H and O–H groups in total. The van der Waals surface area contributed by atoms with Gasteiger partial charge in [0.1, 0.15) is 12.4 Å². The van der Waals surface area contributed by atoms with Crippen molar-refractivity contribution in [2.75, 3.05) is 17.9 Å². The van der Waals surface area contributed by atoms with E-state index in [9.17, 15) is 8.76 Å². The fourth-order valence-corrected chi connectivity index (χ4v) is 4.25. The fourth-order valence-electron chi connectivity index (χ4n) is 3.18. The van der Waals surface area contributed by atoms with Gasteiger partial charge in [-0.05, 0) is 35.9 Å². The third-order valence-electron chi connectivity index (χ3n) is 4.56. The Kier molecular flexibility index (Phi) is 5.38. The van der Waals surface area contributed by atoms with Crippen LogP contribution in [0.15, 0.2) is 78.0 Å². The second-order valence-corrected chi connectivity index (χ2v) is 8.34. The number of nitrogens with one attached hydrogen (secondary N) is 1. The first-order valence-electron chi connectivity index (χ1n) is 9.05. The van der Waals surface area contributed by atoms with Crippen LogP contribution >= 0.6 is 0 Å². The van der Waals surface area contributed by atoms with Crippen molar-refractivity contribution in [3.63, 3.8) is 0 Å². The summed E-state index contributed by atoms with van der Waals surface area (Å²) in [5.74, 6) is 0.615. The maximum absolute atomic E-state index is 12.7. The third-order valence-corrected chi connectivity index (χ3v) is 5.94. The zero-order valence-electron chi connectivity index (χ0n) is 15.3. The molecule has 0 aliphatic carbocycles. The number of nitrogens with zero attached hydrogens (tertiary/aromatic N) is 2. The van der Waals surface area contributed by atoms with Crippen molar-refractivity contribution in [2.45, 2.75) is 18.0 Å². The van der Waals surface area contributed by atoms with Crippen LogP contribution in [0.4, 0.5) is 5.69 Å². The zero-order chi connectivity index (χ0) is 19.4. The summed E-state index contributed by atoms with van der Waals surface area (Å²) < 4.78 is 33.8. The van der Waals surface area contributed by atoms with Gasteiger partial charge in [-0.2, -0.15) is 0 Å². The van der Waals surface area contributed by atoms with Crippen LogP contribution in [-0.4, -0.2) is 27.6 Å². The normalized spacial score (nSPS) is 16.3. The summed E-state index contributed by atoms with van der Waals surface area (Å²) in [6.07, 6.45) is 3.62. The van der Waals surface area contributed by atoms with Crippen LogP contribution in [0.1, 0.15) is 11.1 Å². The first-order chi connectivity index (χ1) is 13.6. The van der Waals surface area contributed by atoms with E-state index in [2.05, 4.69) is 14.6 Å². The molecule has 144 valence electrons. The minimum absolute atomic E-state index is 0.191. The number of hydrogen-bond acceptors (Lipinski definition) is 5. The Morgan fingerprint density at radius 3 is 2.79 bits per heavy atom. The number of aromatic nitrogens is 1. The van der Waals surface area contributed by atoms with Crippen LogP contribution in [0.3, 0.4) is 0 Å². The summed E-state index contributed by atoms with van der Waals surface area (Å²) in [6.45, 7) is 2.72. The highest BCUT2D eigenvalue weighted by molar-refractivity contribution is 7.98. The van der Waals surface area contributed by atoms with E-state index in [-0.39, 0.29) is 4.90 Å². The van der Waals surface area contributed by atoms with Crippen LogP contribution in [0.25, 0.3) is 0 Å². The molecule has 28 heavy (non-hydrogen) atoms. The second kappa shape index (κ2) is 8.10. The molecule has 0 amide bonds. The number of hydrogen-bond donors (Lipinski definition) is 1. The Labute approximate surface area is 165 Å². The molecule has 6 nitrogen and oxygen atoms in total. The Balaban J connectivity index is 1.52. The van der Waals surface area contributed by atoms with Crippen molar-refractivity contribution in [3.05, 3.63) is 84.2 Å². The molecule has 1 aliphatic heterocycles. The van der Waals surface area contributed by atoms with E-state index in [1.54, 1.807) is 42.6 Å². The van der Waals surface area contributed by atoms with E-state index in [1.165, 1.54) is 0 Å². The summed E-state index contributed by atoms with van der Waals surface area (Å²) in [5.41, 5.74) is 2.64. The second-order valence-electron chi connectivity index (χ2n) is 6.66. The van der Waals surface area contributed by atoms with Gasteiger partial charge in [0.05, 0.1) is 5.69 Å². The molecule has 0 saturated carbocycles.